The molecule has 0 aliphatic carbocycles. The van der Waals surface area contributed by atoms with Crippen molar-refractivity contribution >= 4 is 34.5 Å². The zero-order valence-corrected chi connectivity index (χ0v) is 16.8. The maximum atomic E-state index is 14.5. The maximum absolute atomic E-state index is 14.5. The van der Waals surface area contributed by atoms with Gasteiger partial charge in [0.15, 0.2) is 0 Å². The molecule has 0 unspecified atom stereocenters. The van der Waals surface area contributed by atoms with Crippen LogP contribution < -0.4 is 10.2 Å². The molecule has 1 N–H and O–H groups in total. The van der Waals surface area contributed by atoms with Crippen LogP contribution in [0.25, 0.3) is 5.69 Å². The molecule has 2 amide bonds. The number of hydrogen-bond donors (Lipinski definition) is 1. The fourth-order valence-corrected chi connectivity index (χ4v) is 3.73. The van der Waals surface area contributed by atoms with Gasteiger partial charge in [-0.2, -0.15) is 0 Å². The van der Waals surface area contributed by atoms with Crippen molar-refractivity contribution in [1.82, 2.24) is 9.55 Å². The number of benzene rings is 2. The Balaban J connectivity index is 1.57. The predicted octanol–water partition coefficient (Wildman–Crippen LogP) is 4.60. The van der Waals surface area contributed by atoms with E-state index in [9.17, 15) is 14.0 Å². The van der Waals surface area contributed by atoms with Crippen LogP contribution in [-0.2, 0) is 0 Å². The van der Waals surface area contributed by atoms with Crippen molar-refractivity contribution in [2.45, 2.75) is 0 Å². The van der Waals surface area contributed by atoms with Crippen molar-refractivity contribution in [3.63, 3.8) is 0 Å². The Labute approximate surface area is 176 Å². The number of thiophene rings is 1. The van der Waals surface area contributed by atoms with Gasteiger partial charge in [-0.05, 0) is 41.8 Å². The predicted molar refractivity (Wildman–Crippen MR) is 115 cm³/mol. The van der Waals surface area contributed by atoms with E-state index in [2.05, 4.69) is 10.3 Å². The Bertz CT molecular complexity index is 1190. The van der Waals surface area contributed by atoms with Gasteiger partial charge in [0.05, 0.1) is 28.1 Å². The lowest BCUT2D eigenvalue weighted by molar-refractivity contribution is 0.0996. The summed E-state index contributed by atoms with van der Waals surface area (Å²) in [7, 11) is 1.62. The van der Waals surface area contributed by atoms with Crippen LogP contribution in [0.3, 0.4) is 0 Å². The normalized spacial score (nSPS) is 10.6. The molecule has 0 atom stereocenters. The molecule has 2 aromatic heterocycles. The summed E-state index contributed by atoms with van der Waals surface area (Å²) in [5, 5.41) is 4.52. The lowest BCUT2D eigenvalue weighted by atomic mass is 10.1. The van der Waals surface area contributed by atoms with Gasteiger partial charge in [0, 0.05) is 25.1 Å². The van der Waals surface area contributed by atoms with E-state index in [-0.39, 0.29) is 5.91 Å². The zero-order chi connectivity index (χ0) is 21.1. The summed E-state index contributed by atoms with van der Waals surface area (Å²) in [5.74, 6) is -1.14. The number of halogens is 1. The number of carbonyl (C=O) groups is 2. The molecule has 0 aliphatic rings. The number of anilines is 2. The van der Waals surface area contributed by atoms with Crippen LogP contribution in [0.2, 0.25) is 0 Å². The van der Waals surface area contributed by atoms with Crippen molar-refractivity contribution in [3.8, 4) is 5.69 Å². The number of amides is 2. The highest BCUT2D eigenvalue weighted by atomic mass is 32.1. The van der Waals surface area contributed by atoms with E-state index in [0.29, 0.717) is 27.5 Å². The van der Waals surface area contributed by atoms with Crippen LogP contribution in [0.4, 0.5) is 15.8 Å². The molecule has 4 aromatic rings. The Hall–Kier alpha value is -3.78. The first-order chi connectivity index (χ1) is 14.5. The molecular weight excluding hydrogens is 403 g/mol. The van der Waals surface area contributed by atoms with Gasteiger partial charge in [-0.3, -0.25) is 9.59 Å². The Morgan fingerprint density at radius 3 is 2.67 bits per heavy atom. The van der Waals surface area contributed by atoms with E-state index in [1.807, 2.05) is 5.38 Å². The first kappa shape index (κ1) is 19.5. The molecule has 30 heavy (non-hydrogen) atoms. The van der Waals surface area contributed by atoms with Crippen molar-refractivity contribution < 1.29 is 14.0 Å². The number of nitrogens with zero attached hydrogens (tertiary/aromatic N) is 3. The van der Waals surface area contributed by atoms with Gasteiger partial charge >= 0.3 is 0 Å². The minimum absolute atomic E-state index is 0.207. The SMILES string of the molecule is CN(C(=O)c1cccs1)c1ccccc1C(=O)Nc1ccc(-n2ccnc2)c(F)c1. The van der Waals surface area contributed by atoms with Crippen molar-refractivity contribution in [3.05, 3.63) is 95.0 Å². The van der Waals surface area contributed by atoms with Crippen molar-refractivity contribution in [2.75, 3.05) is 17.3 Å². The largest absolute Gasteiger partial charge is 0.322 e. The summed E-state index contributed by atoms with van der Waals surface area (Å²) in [6.45, 7) is 0. The molecule has 0 spiro atoms. The van der Waals surface area contributed by atoms with Gasteiger partial charge < -0.3 is 14.8 Å². The number of carbonyl (C=O) groups excluding carboxylic acids is 2. The monoisotopic (exact) mass is 420 g/mol. The summed E-state index contributed by atoms with van der Waals surface area (Å²) < 4.78 is 16.0. The highest BCUT2D eigenvalue weighted by molar-refractivity contribution is 7.12. The molecule has 0 bridgehead atoms. The number of para-hydroxylation sites is 1. The van der Waals surface area contributed by atoms with E-state index in [1.54, 1.807) is 72.5 Å². The maximum Gasteiger partial charge on any atom is 0.268 e. The standard InChI is InChI=1S/C22H17FN4O2S/c1-26(22(29)20-7-4-12-30-20)18-6-3-2-5-16(18)21(28)25-15-8-9-19(17(23)13-15)27-11-10-24-14-27/h2-14H,1H3,(H,25,28). The van der Waals surface area contributed by atoms with Crippen molar-refractivity contribution in [1.29, 1.82) is 0 Å². The summed E-state index contributed by atoms with van der Waals surface area (Å²) in [4.78, 5) is 31.5. The minimum atomic E-state index is -0.496. The molecule has 8 heteroatoms. The molecule has 0 saturated heterocycles. The van der Waals surface area contributed by atoms with Crippen molar-refractivity contribution in [2.24, 2.45) is 0 Å². The van der Waals surface area contributed by atoms with Gasteiger partial charge in [0.1, 0.15) is 5.82 Å². The fourth-order valence-electron chi connectivity index (χ4n) is 3.03. The molecule has 2 aromatic carbocycles. The number of aromatic nitrogens is 2. The second-order valence-electron chi connectivity index (χ2n) is 6.45. The van der Waals surface area contributed by atoms with Gasteiger partial charge in [0.2, 0.25) is 0 Å². The van der Waals surface area contributed by atoms with Crippen LogP contribution in [0, 0.1) is 5.82 Å². The van der Waals surface area contributed by atoms with Crippen LogP contribution in [-0.4, -0.2) is 28.4 Å². The highest BCUT2D eigenvalue weighted by Crippen LogP contribution is 2.24. The summed E-state index contributed by atoms with van der Waals surface area (Å²) in [6.07, 6.45) is 4.68. The first-order valence-corrected chi connectivity index (χ1v) is 9.92. The fraction of sp³-hybridized carbons (Fsp3) is 0.0455. The van der Waals surface area contributed by atoms with Crippen LogP contribution in [0.1, 0.15) is 20.0 Å². The summed E-state index contributed by atoms with van der Waals surface area (Å²) >= 11 is 1.33. The lowest BCUT2D eigenvalue weighted by Gasteiger charge is -2.20. The van der Waals surface area contributed by atoms with Gasteiger partial charge in [-0.25, -0.2) is 9.37 Å². The molecule has 150 valence electrons. The smallest absolute Gasteiger partial charge is 0.268 e. The van der Waals surface area contributed by atoms with E-state index in [1.165, 1.54) is 28.6 Å². The van der Waals surface area contributed by atoms with Crippen LogP contribution in [0.15, 0.2) is 78.7 Å². The Morgan fingerprint density at radius 2 is 1.97 bits per heavy atom. The molecule has 0 aliphatic heterocycles. The summed E-state index contributed by atoms with van der Waals surface area (Å²) in [6, 6.07) is 14.7. The average molecular weight is 420 g/mol. The number of rotatable bonds is 5. The summed E-state index contributed by atoms with van der Waals surface area (Å²) in [5.41, 5.74) is 1.41. The molecule has 0 fully saturated rings. The molecule has 4 rings (SSSR count). The number of imidazole rings is 1. The highest BCUT2D eigenvalue weighted by Gasteiger charge is 2.20. The number of hydrogen-bond acceptors (Lipinski definition) is 4. The number of nitrogens with one attached hydrogen (secondary N) is 1. The van der Waals surface area contributed by atoms with Gasteiger partial charge in [-0.15, -0.1) is 11.3 Å². The lowest BCUT2D eigenvalue weighted by Crippen LogP contribution is -2.28. The first-order valence-electron chi connectivity index (χ1n) is 9.04. The van der Waals surface area contributed by atoms with E-state index < -0.39 is 11.7 Å². The molecule has 0 saturated carbocycles. The third kappa shape index (κ3) is 3.85. The Morgan fingerprint density at radius 1 is 1.13 bits per heavy atom. The molecular formula is C22H17FN4O2S. The third-order valence-corrected chi connectivity index (χ3v) is 5.39. The van der Waals surface area contributed by atoms with E-state index >= 15 is 0 Å². The van der Waals surface area contributed by atoms with Gasteiger partial charge in [0.25, 0.3) is 11.8 Å². The minimum Gasteiger partial charge on any atom is -0.322 e. The van der Waals surface area contributed by atoms with E-state index in [0.717, 1.165) is 0 Å². The van der Waals surface area contributed by atoms with Crippen LogP contribution in [0.5, 0.6) is 0 Å². The second kappa shape index (κ2) is 8.30. The average Bonchev–Trinajstić information content (AvgIpc) is 3.47. The third-order valence-electron chi connectivity index (χ3n) is 4.53. The quantitative estimate of drug-likeness (QED) is 0.513. The van der Waals surface area contributed by atoms with Gasteiger partial charge in [-0.1, -0.05) is 18.2 Å². The molecule has 6 nitrogen and oxygen atoms in total. The Kier molecular flexibility index (Phi) is 5.40. The topological polar surface area (TPSA) is 67.2 Å². The molecule has 0 radical (unpaired) electrons. The van der Waals surface area contributed by atoms with E-state index in [4.69, 9.17) is 0 Å². The molecule has 2 heterocycles. The second-order valence-corrected chi connectivity index (χ2v) is 7.40. The zero-order valence-electron chi connectivity index (χ0n) is 15.9. The van der Waals surface area contributed by atoms with Crippen LogP contribution >= 0.6 is 11.3 Å².